The van der Waals surface area contributed by atoms with Crippen molar-refractivity contribution in [1.29, 1.82) is 0 Å². The molecule has 0 N–H and O–H groups in total. The number of nitrogens with zero attached hydrogens (tertiary/aromatic N) is 6. The number of hydrogen-bond acceptors (Lipinski definition) is 6. The van der Waals surface area contributed by atoms with Crippen LogP contribution in [-0.4, -0.2) is 76.5 Å². The van der Waals surface area contributed by atoms with Crippen LogP contribution in [0.5, 0.6) is 0 Å². The Labute approximate surface area is 154 Å². The van der Waals surface area contributed by atoms with Crippen molar-refractivity contribution in [1.82, 2.24) is 24.6 Å². The second-order valence-corrected chi connectivity index (χ2v) is 7.45. The van der Waals surface area contributed by atoms with Gasteiger partial charge in [0, 0.05) is 63.6 Å². The van der Waals surface area contributed by atoms with E-state index < -0.39 is 0 Å². The summed E-state index contributed by atoms with van der Waals surface area (Å²) in [6.07, 6.45) is 3.91. The minimum Gasteiger partial charge on any atom is -0.373 e. The fourth-order valence-electron chi connectivity index (χ4n) is 4.26. The molecule has 2 aromatic heterocycles. The van der Waals surface area contributed by atoms with Gasteiger partial charge in [-0.1, -0.05) is 6.07 Å². The second kappa shape index (κ2) is 6.98. The van der Waals surface area contributed by atoms with Gasteiger partial charge in [0.1, 0.15) is 5.82 Å². The quantitative estimate of drug-likeness (QED) is 0.810. The molecular formula is C19H26N6O. The summed E-state index contributed by atoms with van der Waals surface area (Å²) in [6.45, 7) is 10.1. The number of anilines is 1. The highest BCUT2D eigenvalue weighted by Gasteiger charge is 2.34. The molecule has 138 valence electrons. The number of ether oxygens (including phenoxy) is 1. The molecular weight excluding hydrogens is 328 g/mol. The highest BCUT2D eigenvalue weighted by Crippen LogP contribution is 2.23. The van der Waals surface area contributed by atoms with E-state index >= 15 is 0 Å². The second-order valence-electron chi connectivity index (χ2n) is 7.45. The molecule has 0 aliphatic carbocycles. The molecule has 26 heavy (non-hydrogen) atoms. The van der Waals surface area contributed by atoms with Crippen molar-refractivity contribution in [2.75, 3.05) is 50.8 Å². The Hall–Kier alpha value is -1.96. The van der Waals surface area contributed by atoms with Crippen LogP contribution >= 0.6 is 0 Å². The lowest BCUT2D eigenvalue weighted by Gasteiger charge is -2.48. The standard InChI is InChI=1S/C19H26N6O/c1-2-4-20-19(3-1)24-7-5-23(6-8-24)17-13-22(14-17)12-16-11-21-25-9-10-26-15-18(16)25/h1-4,11,17H,5-10,12-15H2. The molecule has 2 saturated heterocycles. The van der Waals surface area contributed by atoms with Gasteiger partial charge in [0.15, 0.2) is 0 Å². The Balaban J connectivity index is 1.11. The Morgan fingerprint density at radius 3 is 2.77 bits per heavy atom. The number of likely N-dealkylation sites (tertiary alicyclic amines) is 1. The number of aromatic nitrogens is 3. The summed E-state index contributed by atoms with van der Waals surface area (Å²) < 4.78 is 7.70. The maximum atomic E-state index is 5.59. The van der Waals surface area contributed by atoms with E-state index in [0.29, 0.717) is 12.6 Å². The van der Waals surface area contributed by atoms with Gasteiger partial charge in [-0.2, -0.15) is 5.10 Å². The van der Waals surface area contributed by atoms with Gasteiger partial charge in [-0.25, -0.2) is 4.98 Å². The third-order valence-electron chi connectivity index (χ3n) is 5.86. The average Bonchev–Trinajstić information content (AvgIpc) is 3.08. The lowest BCUT2D eigenvalue weighted by atomic mass is 10.0. The molecule has 3 aliphatic rings. The van der Waals surface area contributed by atoms with Gasteiger partial charge in [0.2, 0.25) is 0 Å². The van der Waals surface area contributed by atoms with Crippen molar-refractivity contribution in [3.05, 3.63) is 41.9 Å². The van der Waals surface area contributed by atoms with E-state index in [1.165, 1.54) is 11.3 Å². The molecule has 0 amide bonds. The highest BCUT2D eigenvalue weighted by atomic mass is 16.5. The van der Waals surface area contributed by atoms with Crippen molar-refractivity contribution >= 4 is 5.82 Å². The van der Waals surface area contributed by atoms with E-state index in [2.05, 4.69) is 41.6 Å². The third-order valence-corrected chi connectivity index (χ3v) is 5.86. The fourth-order valence-corrected chi connectivity index (χ4v) is 4.26. The summed E-state index contributed by atoms with van der Waals surface area (Å²) in [5.74, 6) is 1.11. The van der Waals surface area contributed by atoms with E-state index in [4.69, 9.17) is 4.74 Å². The molecule has 0 unspecified atom stereocenters. The van der Waals surface area contributed by atoms with Crippen LogP contribution in [0.2, 0.25) is 0 Å². The van der Waals surface area contributed by atoms with Gasteiger partial charge in [0.25, 0.3) is 0 Å². The molecule has 5 heterocycles. The normalized spacial score (nSPS) is 22.2. The molecule has 0 spiro atoms. The summed E-state index contributed by atoms with van der Waals surface area (Å²) in [5, 5.41) is 4.50. The number of hydrogen-bond donors (Lipinski definition) is 0. The number of fused-ring (bicyclic) bond motifs is 1. The van der Waals surface area contributed by atoms with Gasteiger partial charge in [-0.15, -0.1) is 0 Å². The topological polar surface area (TPSA) is 49.7 Å². The third kappa shape index (κ3) is 3.11. The molecule has 0 atom stereocenters. The van der Waals surface area contributed by atoms with Crippen LogP contribution in [0.1, 0.15) is 11.3 Å². The van der Waals surface area contributed by atoms with Gasteiger partial charge < -0.3 is 9.64 Å². The van der Waals surface area contributed by atoms with Crippen LogP contribution in [-0.2, 0) is 24.4 Å². The molecule has 0 bridgehead atoms. The first-order chi connectivity index (χ1) is 12.9. The Morgan fingerprint density at radius 1 is 1.08 bits per heavy atom. The summed E-state index contributed by atoms with van der Waals surface area (Å²) >= 11 is 0. The largest absolute Gasteiger partial charge is 0.373 e. The first-order valence-electron chi connectivity index (χ1n) is 9.60. The summed E-state index contributed by atoms with van der Waals surface area (Å²) in [5.41, 5.74) is 2.60. The monoisotopic (exact) mass is 354 g/mol. The summed E-state index contributed by atoms with van der Waals surface area (Å²) in [7, 11) is 0. The first kappa shape index (κ1) is 16.2. The first-order valence-corrected chi connectivity index (χ1v) is 9.60. The molecule has 0 radical (unpaired) electrons. The lowest BCUT2D eigenvalue weighted by molar-refractivity contribution is 0.0242. The predicted molar refractivity (Wildman–Crippen MR) is 99.0 cm³/mol. The van der Waals surface area contributed by atoms with Gasteiger partial charge in [0.05, 0.1) is 31.6 Å². The number of pyridine rings is 1. The lowest BCUT2D eigenvalue weighted by Crippen LogP contribution is -2.62. The molecule has 3 aliphatic heterocycles. The fraction of sp³-hybridized carbons (Fsp3) is 0.579. The van der Waals surface area contributed by atoms with Crippen molar-refractivity contribution in [2.45, 2.75) is 25.7 Å². The van der Waals surface area contributed by atoms with E-state index in [9.17, 15) is 0 Å². The molecule has 0 saturated carbocycles. The van der Waals surface area contributed by atoms with Crippen molar-refractivity contribution in [2.24, 2.45) is 0 Å². The van der Waals surface area contributed by atoms with Gasteiger partial charge >= 0.3 is 0 Å². The molecule has 2 fully saturated rings. The highest BCUT2D eigenvalue weighted by molar-refractivity contribution is 5.38. The summed E-state index contributed by atoms with van der Waals surface area (Å²) in [6, 6.07) is 6.85. The van der Waals surface area contributed by atoms with Crippen LogP contribution in [0.15, 0.2) is 30.6 Å². The van der Waals surface area contributed by atoms with Crippen LogP contribution < -0.4 is 4.90 Å². The minimum absolute atomic E-state index is 0.698. The molecule has 2 aromatic rings. The van der Waals surface area contributed by atoms with Crippen molar-refractivity contribution < 1.29 is 4.74 Å². The van der Waals surface area contributed by atoms with E-state index in [1.54, 1.807) is 0 Å². The van der Waals surface area contributed by atoms with E-state index in [1.807, 2.05) is 18.5 Å². The molecule has 7 nitrogen and oxygen atoms in total. The minimum atomic E-state index is 0.698. The van der Waals surface area contributed by atoms with Crippen LogP contribution in [0.25, 0.3) is 0 Å². The zero-order valence-electron chi connectivity index (χ0n) is 15.1. The van der Waals surface area contributed by atoms with Gasteiger partial charge in [-0.05, 0) is 12.1 Å². The Bertz CT molecular complexity index is 734. The van der Waals surface area contributed by atoms with E-state index in [-0.39, 0.29) is 0 Å². The SMILES string of the molecule is c1ccc(N2CCN(C3CN(Cc4cnn5c4COCC5)C3)CC2)nc1. The average molecular weight is 354 g/mol. The number of piperazine rings is 1. The molecule has 5 rings (SSSR count). The smallest absolute Gasteiger partial charge is 0.128 e. The number of rotatable bonds is 4. The van der Waals surface area contributed by atoms with E-state index in [0.717, 1.165) is 64.8 Å². The van der Waals surface area contributed by atoms with Crippen LogP contribution in [0, 0.1) is 0 Å². The van der Waals surface area contributed by atoms with Crippen molar-refractivity contribution in [3.8, 4) is 0 Å². The van der Waals surface area contributed by atoms with Crippen molar-refractivity contribution in [3.63, 3.8) is 0 Å². The maximum absolute atomic E-state index is 5.59. The maximum Gasteiger partial charge on any atom is 0.128 e. The zero-order valence-corrected chi connectivity index (χ0v) is 15.1. The predicted octanol–water partition coefficient (Wildman–Crippen LogP) is 0.815. The Kier molecular flexibility index (Phi) is 4.36. The summed E-state index contributed by atoms with van der Waals surface area (Å²) in [4.78, 5) is 12.0. The van der Waals surface area contributed by atoms with Crippen LogP contribution in [0.3, 0.4) is 0 Å². The molecule has 0 aromatic carbocycles. The molecule has 7 heteroatoms. The Morgan fingerprint density at radius 2 is 1.96 bits per heavy atom. The van der Waals surface area contributed by atoms with Gasteiger partial charge in [-0.3, -0.25) is 14.5 Å². The zero-order chi connectivity index (χ0) is 17.3. The van der Waals surface area contributed by atoms with Crippen LogP contribution in [0.4, 0.5) is 5.82 Å².